The predicted octanol–water partition coefficient (Wildman–Crippen LogP) is 11.1. The number of aryl methyl sites for hydroxylation is 2. The lowest BCUT2D eigenvalue weighted by atomic mass is 9.97. The van der Waals surface area contributed by atoms with E-state index in [0.29, 0.717) is 43.8 Å². The van der Waals surface area contributed by atoms with Gasteiger partial charge >= 0.3 is 24.7 Å². The molecular weight excluding hydrogens is 709 g/mol. The fourth-order valence-corrected chi connectivity index (χ4v) is 7.95. The van der Waals surface area contributed by atoms with Gasteiger partial charge in [0, 0.05) is 39.7 Å². The van der Waals surface area contributed by atoms with Crippen molar-refractivity contribution in [2.75, 3.05) is 0 Å². The first-order valence-electron chi connectivity index (χ1n) is 13.2. The first kappa shape index (κ1) is 34.8. The Kier molecular flexibility index (Phi) is 8.99. The van der Waals surface area contributed by atoms with E-state index in [-0.39, 0.29) is 32.3 Å². The topological polar surface area (TPSA) is 0 Å². The first-order chi connectivity index (χ1) is 21.6. The third-order valence-electron chi connectivity index (χ3n) is 6.82. The van der Waals surface area contributed by atoms with Gasteiger partial charge < -0.3 is 0 Å². The Labute approximate surface area is 270 Å². The fraction of sp³-hybridized carbons (Fsp3) is 0.188. The molecule has 47 heavy (non-hydrogen) atoms. The van der Waals surface area contributed by atoms with Crippen LogP contribution in [0.1, 0.15) is 52.9 Å². The number of halogens is 12. The van der Waals surface area contributed by atoms with Crippen molar-refractivity contribution in [1.82, 2.24) is 0 Å². The number of rotatable bonds is 4. The number of hydrogen-bond donors (Lipinski definition) is 0. The third-order valence-corrected chi connectivity index (χ3v) is 9.98. The van der Waals surface area contributed by atoms with E-state index in [4.69, 9.17) is 0 Å². The molecule has 0 aliphatic rings. The van der Waals surface area contributed by atoms with Crippen LogP contribution in [-0.4, -0.2) is 0 Å². The molecule has 0 nitrogen and oxygen atoms in total. The van der Waals surface area contributed by atoms with Crippen molar-refractivity contribution in [2.24, 2.45) is 0 Å². The summed E-state index contributed by atoms with van der Waals surface area (Å²) >= 11 is 2.99. The molecule has 0 saturated heterocycles. The average Bonchev–Trinajstić information content (AvgIpc) is 3.69. The summed E-state index contributed by atoms with van der Waals surface area (Å²) in [6.45, 7) is 3.35. The van der Waals surface area contributed by atoms with Crippen molar-refractivity contribution < 1.29 is 52.7 Å². The molecule has 0 bridgehead atoms. The van der Waals surface area contributed by atoms with Gasteiger partial charge in [0.15, 0.2) is 0 Å². The molecule has 0 fully saturated rings. The largest absolute Gasteiger partial charge is 0.416 e. The molecule has 0 N–H and O–H groups in total. The minimum Gasteiger partial charge on any atom is -0.166 e. The summed E-state index contributed by atoms with van der Waals surface area (Å²) in [4.78, 5) is 1.97. The van der Waals surface area contributed by atoms with E-state index in [1.54, 1.807) is 26.0 Å². The van der Waals surface area contributed by atoms with Crippen LogP contribution < -0.4 is 9.06 Å². The second kappa shape index (κ2) is 12.2. The summed E-state index contributed by atoms with van der Waals surface area (Å²) in [6, 6.07) is 11.3. The highest BCUT2D eigenvalue weighted by atomic mass is 32.1. The van der Waals surface area contributed by atoms with Crippen LogP contribution in [0.5, 0.6) is 0 Å². The van der Waals surface area contributed by atoms with Crippen molar-refractivity contribution in [3.8, 4) is 0 Å². The number of thiophene rings is 3. The quantitative estimate of drug-likeness (QED) is 0.162. The predicted molar refractivity (Wildman–Crippen MR) is 158 cm³/mol. The van der Waals surface area contributed by atoms with Crippen molar-refractivity contribution >= 4 is 45.2 Å². The normalized spacial score (nSPS) is 14.4. The van der Waals surface area contributed by atoms with Crippen LogP contribution in [0.4, 0.5) is 52.7 Å². The highest BCUT2D eigenvalue weighted by Gasteiger charge is 2.39. The first-order valence-corrected chi connectivity index (χ1v) is 15.6. The number of benzene rings is 2. The highest BCUT2D eigenvalue weighted by Crippen LogP contribution is 2.41. The van der Waals surface area contributed by atoms with Gasteiger partial charge in [-0.25, -0.2) is 0 Å². The van der Waals surface area contributed by atoms with Gasteiger partial charge in [0.25, 0.3) is 0 Å². The standard InChI is InChI=1S/C32H18F12S3/c1-15-3-5-23(45-15)27(17-9-19(29(33,34)35)13-20(10-17)30(36,37)38)25-7-8-26(47-25)28(24-6-4-16(2)46-24)18-11-21(31(39,40)41)14-22(12-18)32(42,43)44/h3-14H,1-2H3/b27-25-,28-26+. The van der Waals surface area contributed by atoms with Crippen LogP contribution in [-0.2, 0) is 24.7 Å². The van der Waals surface area contributed by atoms with Crippen molar-refractivity contribution in [2.45, 2.75) is 38.6 Å². The van der Waals surface area contributed by atoms with Crippen molar-refractivity contribution in [3.05, 3.63) is 135 Å². The van der Waals surface area contributed by atoms with Crippen LogP contribution >= 0.6 is 34.0 Å². The Hall–Kier alpha value is -3.56. The van der Waals surface area contributed by atoms with Gasteiger partial charge in [0.05, 0.1) is 22.3 Å². The van der Waals surface area contributed by atoms with Crippen LogP contribution in [0.3, 0.4) is 0 Å². The van der Waals surface area contributed by atoms with E-state index in [1.807, 2.05) is 0 Å². The minimum absolute atomic E-state index is 0.00246. The zero-order valence-corrected chi connectivity index (χ0v) is 26.1. The lowest BCUT2D eigenvalue weighted by molar-refractivity contribution is -0.144. The summed E-state index contributed by atoms with van der Waals surface area (Å²) in [6.07, 6.45) is -20.5. The molecule has 0 unspecified atom stereocenters. The van der Waals surface area contributed by atoms with Gasteiger partial charge in [-0.3, -0.25) is 0 Å². The van der Waals surface area contributed by atoms with Gasteiger partial charge in [0.2, 0.25) is 0 Å². The molecule has 0 aliphatic carbocycles. The molecule has 0 aliphatic heterocycles. The molecule has 2 aromatic carbocycles. The average molecular weight is 727 g/mol. The van der Waals surface area contributed by atoms with Gasteiger partial charge in [-0.1, -0.05) is 0 Å². The van der Waals surface area contributed by atoms with Gasteiger partial charge in [0.1, 0.15) is 0 Å². The van der Waals surface area contributed by atoms with E-state index in [9.17, 15) is 52.7 Å². The third kappa shape index (κ3) is 7.62. The molecule has 0 amide bonds. The molecular formula is C32H18F12S3. The van der Waals surface area contributed by atoms with Gasteiger partial charge in [-0.2, -0.15) is 52.7 Å². The molecule has 0 saturated carbocycles. The van der Waals surface area contributed by atoms with Crippen LogP contribution in [0.25, 0.3) is 11.1 Å². The minimum atomic E-state index is -5.13. The maximum Gasteiger partial charge on any atom is 0.416 e. The fourth-order valence-electron chi connectivity index (χ4n) is 4.75. The number of hydrogen-bond acceptors (Lipinski definition) is 3. The van der Waals surface area contributed by atoms with E-state index in [0.717, 1.165) is 34.0 Å². The summed E-state index contributed by atoms with van der Waals surface area (Å²) in [5.74, 6) is 0. The van der Waals surface area contributed by atoms with Crippen molar-refractivity contribution in [1.29, 1.82) is 0 Å². The summed E-state index contributed by atoms with van der Waals surface area (Å²) in [5.41, 5.74) is -7.06. The van der Waals surface area contributed by atoms with Gasteiger partial charge in [-0.05, 0) is 97.8 Å². The molecule has 15 heteroatoms. The van der Waals surface area contributed by atoms with Gasteiger partial charge in [-0.15, -0.1) is 34.0 Å². The van der Waals surface area contributed by atoms with E-state index in [2.05, 4.69) is 0 Å². The Bertz CT molecular complexity index is 1850. The summed E-state index contributed by atoms with van der Waals surface area (Å²) in [5, 5.41) is 0. The lowest BCUT2D eigenvalue weighted by Crippen LogP contribution is -2.13. The van der Waals surface area contributed by atoms with E-state index >= 15 is 0 Å². The Morgan fingerprint density at radius 2 is 0.702 bits per heavy atom. The maximum absolute atomic E-state index is 13.8. The monoisotopic (exact) mass is 726 g/mol. The van der Waals surface area contributed by atoms with Crippen LogP contribution in [0.15, 0.2) is 72.8 Å². The SMILES string of the molecule is Cc1ccc(/C(c2cc(C(F)(F)F)cc(C(F)(F)F)c2)=c2/cc/c(=C(/c3cc(C(F)(F)F)cc(C(F)(F)F)c3)c3ccc(C)s3)s2)s1. The Morgan fingerprint density at radius 1 is 0.404 bits per heavy atom. The zero-order valence-electron chi connectivity index (χ0n) is 23.7. The molecule has 0 radical (unpaired) electrons. The second-order valence-electron chi connectivity index (χ2n) is 10.3. The second-order valence-corrected chi connectivity index (χ2v) is 14.0. The Morgan fingerprint density at radius 3 is 0.936 bits per heavy atom. The van der Waals surface area contributed by atoms with Crippen LogP contribution in [0.2, 0.25) is 0 Å². The Balaban J connectivity index is 1.92. The van der Waals surface area contributed by atoms with Crippen LogP contribution in [0, 0.1) is 13.8 Å². The summed E-state index contributed by atoms with van der Waals surface area (Å²) in [7, 11) is 0. The molecule has 3 heterocycles. The zero-order chi connectivity index (χ0) is 34.7. The molecule has 0 spiro atoms. The molecule has 5 aromatic rings. The smallest absolute Gasteiger partial charge is 0.166 e. The molecule has 3 aromatic heterocycles. The molecule has 5 rings (SSSR count). The molecule has 0 atom stereocenters. The highest BCUT2D eigenvalue weighted by molar-refractivity contribution is 7.14. The lowest BCUT2D eigenvalue weighted by Gasteiger charge is -2.15. The number of alkyl halides is 12. The van der Waals surface area contributed by atoms with E-state index in [1.165, 1.54) is 24.3 Å². The summed E-state index contributed by atoms with van der Waals surface area (Å²) < 4.78 is 166. The van der Waals surface area contributed by atoms with E-state index < -0.39 is 58.1 Å². The van der Waals surface area contributed by atoms with Crippen molar-refractivity contribution in [3.63, 3.8) is 0 Å². The maximum atomic E-state index is 13.8. The molecule has 248 valence electrons.